The van der Waals surface area contributed by atoms with Gasteiger partial charge >= 0.3 is 7.60 Å². The van der Waals surface area contributed by atoms with Crippen LogP contribution in [0.4, 0.5) is 0 Å². The van der Waals surface area contributed by atoms with E-state index < -0.39 is 85.0 Å². The van der Waals surface area contributed by atoms with Gasteiger partial charge < -0.3 is 56.1 Å². The lowest BCUT2D eigenvalue weighted by Gasteiger charge is -2.30. The van der Waals surface area contributed by atoms with Crippen molar-refractivity contribution in [2.24, 2.45) is 17.6 Å². The van der Waals surface area contributed by atoms with Crippen LogP contribution in [0.15, 0.2) is 12.5 Å². The maximum Gasteiger partial charge on any atom is 0.325 e. The topological polar surface area (TPSA) is 284 Å². The number of rotatable bonds is 22. The number of aromatic amines is 1. The number of likely N-dealkylation sites (tertiary alicyclic amines) is 1. The van der Waals surface area contributed by atoms with Crippen LogP contribution in [0.3, 0.4) is 0 Å². The van der Waals surface area contributed by atoms with Crippen LogP contribution < -0.4 is 27.0 Å². The molecule has 0 aromatic carbocycles. The number of nitrogens with zero attached hydrogens (tertiary/aromatic N) is 2. The number of carbonyl (C=O) groups is 6. The van der Waals surface area contributed by atoms with Gasteiger partial charge in [-0.25, -0.2) is 4.98 Å². The number of imidazole rings is 1. The first kappa shape index (κ1) is 48.2. The highest BCUT2D eigenvalue weighted by molar-refractivity contribution is 7.51. The summed E-state index contributed by atoms with van der Waals surface area (Å²) in [4.78, 5) is 106. The molecule has 1 fully saturated rings. The molecule has 0 radical (unpaired) electrons. The van der Waals surface area contributed by atoms with Crippen molar-refractivity contribution in [3.05, 3.63) is 18.2 Å². The first-order chi connectivity index (χ1) is 25.8. The monoisotopic (exact) mass is 814 g/mol. The average molecular weight is 815 g/mol. The largest absolute Gasteiger partial charge is 0.373 e. The molecule has 1 aliphatic heterocycles. The lowest BCUT2D eigenvalue weighted by molar-refractivity contribution is -0.143. The Labute approximate surface area is 328 Å². The predicted molar refractivity (Wildman–Crippen MR) is 206 cm³/mol. The summed E-state index contributed by atoms with van der Waals surface area (Å²) in [5, 5.41) is 10.3. The van der Waals surface area contributed by atoms with Crippen molar-refractivity contribution >= 4 is 43.0 Å². The molecule has 2 heterocycles. The van der Waals surface area contributed by atoms with Gasteiger partial charge in [-0.2, -0.15) is 0 Å². The fourth-order valence-electron chi connectivity index (χ4n) is 6.03. The summed E-state index contributed by atoms with van der Waals surface area (Å²) < 4.78 is 23.3. The lowest BCUT2D eigenvalue weighted by Crippen LogP contribution is -2.59. The standard InChI is InChI=1S/C36H63N8O11P/c1-21(2)15-25(42-34(50)27-11-10-13-44(27)28(45)12-14-54-36(8,9)19-55-35(5,6)7)33(49)41-26(16-24-17-38-20-39-24)32(48)40-23(4)31(47)43-29(30(37)46)22(3)18-56(51,52)53/h17,20-23,25-27,29H,10-16,18-19H2,1-9H3,(H2,37,46)(H,38,39)(H,40,48)(H,41,49)(H,42,50)(H,43,47)(H2,51,52,53)/t22-,23-,25-,26-,27-,29-/m0/s1. The average Bonchev–Trinajstić information content (AvgIpc) is 3.77. The number of aromatic nitrogens is 2. The summed E-state index contributed by atoms with van der Waals surface area (Å²) in [5.41, 5.74) is 4.88. The van der Waals surface area contributed by atoms with Gasteiger partial charge in [0.05, 0.1) is 43.3 Å². The minimum absolute atomic E-state index is 0.0507. The second-order valence-electron chi connectivity index (χ2n) is 16.5. The van der Waals surface area contributed by atoms with Crippen molar-refractivity contribution in [2.45, 2.75) is 136 Å². The van der Waals surface area contributed by atoms with Gasteiger partial charge in [0, 0.05) is 24.9 Å². The molecular formula is C36H63N8O11P. The highest BCUT2D eigenvalue weighted by Crippen LogP contribution is 2.37. The van der Waals surface area contributed by atoms with E-state index in [1.165, 1.54) is 31.3 Å². The number of hydrogen-bond acceptors (Lipinski definition) is 10. The summed E-state index contributed by atoms with van der Waals surface area (Å²) in [5.74, 6) is -5.20. The van der Waals surface area contributed by atoms with E-state index in [4.69, 9.17) is 15.2 Å². The molecule has 0 spiro atoms. The summed E-state index contributed by atoms with van der Waals surface area (Å²) in [6.45, 7) is 16.8. The number of primary amides is 1. The Morgan fingerprint density at radius 1 is 0.964 bits per heavy atom. The molecule has 0 unspecified atom stereocenters. The Kier molecular flexibility index (Phi) is 18.1. The minimum Gasteiger partial charge on any atom is -0.373 e. The first-order valence-corrected chi connectivity index (χ1v) is 20.7. The lowest BCUT2D eigenvalue weighted by atomic mass is 10.0. The maximum absolute atomic E-state index is 13.8. The van der Waals surface area contributed by atoms with E-state index in [2.05, 4.69) is 31.2 Å². The fourth-order valence-corrected chi connectivity index (χ4v) is 6.99. The van der Waals surface area contributed by atoms with Crippen molar-refractivity contribution in [3.8, 4) is 0 Å². The van der Waals surface area contributed by atoms with Crippen LogP contribution in [-0.4, -0.2) is 127 Å². The number of hydrogen-bond donors (Lipinski definition) is 8. The first-order valence-electron chi connectivity index (χ1n) is 18.9. The summed E-state index contributed by atoms with van der Waals surface area (Å²) in [7, 11) is -4.54. The van der Waals surface area contributed by atoms with Gasteiger partial charge in [-0.1, -0.05) is 20.8 Å². The predicted octanol–water partition coefficient (Wildman–Crippen LogP) is 0.248. The highest BCUT2D eigenvalue weighted by Gasteiger charge is 2.37. The second-order valence-corrected chi connectivity index (χ2v) is 18.2. The van der Waals surface area contributed by atoms with Gasteiger partial charge in [-0.3, -0.25) is 33.3 Å². The van der Waals surface area contributed by atoms with E-state index in [0.717, 1.165) is 0 Å². The number of nitrogens with one attached hydrogen (secondary N) is 5. The third-order valence-corrected chi connectivity index (χ3v) is 9.99. The summed E-state index contributed by atoms with van der Waals surface area (Å²) in [6, 6.07) is -5.89. The minimum atomic E-state index is -4.54. The van der Waals surface area contributed by atoms with Gasteiger partial charge in [0.2, 0.25) is 35.4 Å². The number of nitrogens with two attached hydrogens (primary N) is 1. The molecule has 1 aromatic rings. The van der Waals surface area contributed by atoms with E-state index in [1.807, 2.05) is 48.5 Å². The fraction of sp³-hybridized carbons (Fsp3) is 0.750. The van der Waals surface area contributed by atoms with Crippen molar-refractivity contribution in [2.75, 3.05) is 25.9 Å². The van der Waals surface area contributed by atoms with E-state index in [0.29, 0.717) is 31.7 Å². The van der Waals surface area contributed by atoms with Crippen molar-refractivity contribution in [1.82, 2.24) is 36.1 Å². The molecule has 0 bridgehead atoms. The Morgan fingerprint density at radius 3 is 2.16 bits per heavy atom. The smallest absolute Gasteiger partial charge is 0.325 e. The maximum atomic E-state index is 13.8. The van der Waals surface area contributed by atoms with Crippen LogP contribution >= 0.6 is 7.60 Å². The molecule has 1 saturated heterocycles. The van der Waals surface area contributed by atoms with E-state index >= 15 is 0 Å². The van der Waals surface area contributed by atoms with Crippen LogP contribution in [0.2, 0.25) is 0 Å². The molecule has 19 nitrogen and oxygen atoms in total. The van der Waals surface area contributed by atoms with Crippen LogP contribution in [0.25, 0.3) is 0 Å². The molecule has 6 amide bonds. The molecule has 20 heteroatoms. The Balaban J connectivity index is 2.14. The van der Waals surface area contributed by atoms with Crippen LogP contribution in [0.1, 0.15) is 93.7 Å². The zero-order valence-electron chi connectivity index (χ0n) is 34.0. The molecule has 0 aliphatic carbocycles. The number of carbonyl (C=O) groups excluding carboxylic acids is 6. The summed E-state index contributed by atoms with van der Waals surface area (Å²) in [6.07, 6.45) is 3.29. The van der Waals surface area contributed by atoms with Gasteiger partial charge in [0.15, 0.2) is 0 Å². The molecule has 9 N–H and O–H groups in total. The number of amides is 6. The molecular weight excluding hydrogens is 751 g/mol. The zero-order valence-corrected chi connectivity index (χ0v) is 34.9. The van der Waals surface area contributed by atoms with Crippen molar-refractivity contribution in [1.29, 1.82) is 0 Å². The van der Waals surface area contributed by atoms with E-state index in [9.17, 15) is 43.1 Å². The van der Waals surface area contributed by atoms with Crippen molar-refractivity contribution < 1.29 is 52.6 Å². The van der Waals surface area contributed by atoms with Crippen LogP contribution in [-0.2, 0) is 49.2 Å². The molecule has 2 rings (SSSR count). The summed E-state index contributed by atoms with van der Waals surface area (Å²) >= 11 is 0. The Morgan fingerprint density at radius 2 is 1.61 bits per heavy atom. The molecule has 1 aromatic heterocycles. The van der Waals surface area contributed by atoms with E-state index in [-0.39, 0.29) is 43.3 Å². The zero-order chi connectivity index (χ0) is 42.6. The number of ether oxygens (including phenoxy) is 2. The second kappa shape index (κ2) is 21.0. The number of H-pyrrole nitrogens is 1. The quantitative estimate of drug-likeness (QED) is 0.0732. The SMILES string of the molecule is CC(C)C[C@H](NC(=O)[C@@H]1CCCN1C(=O)CCOC(C)(C)COC(C)(C)C)C(=O)N[C@@H](Cc1cnc[nH]1)C(=O)N[C@@H](C)C(=O)N[C@H](C(N)=O)[C@@H](C)CP(=O)(O)O. The van der Waals surface area contributed by atoms with Gasteiger partial charge in [-0.15, -0.1) is 0 Å². The Bertz CT molecular complexity index is 1540. The van der Waals surface area contributed by atoms with Crippen LogP contribution in [0, 0.1) is 11.8 Å². The normalized spacial score (nSPS) is 17.7. The van der Waals surface area contributed by atoms with E-state index in [1.54, 1.807) is 0 Å². The highest BCUT2D eigenvalue weighted by atomic mass is 31.2. The third kappa shape index (κ3) is 17.1. The van der Waals surface area contributed by atoms with Crippen molar-refractivity contribution in [3.63, 3.8) is 0 Å². The third-order valence-electron chi connectivity index (χ3n) is 8.94. The van der Waals surface area contributed by atoms with Gasteiger partial charge in [-0.05, 0) is 72.6 Å². The molecule has 1 aliphatic rings. The van der Waals surface area contributed by atoms with Crippen LogP contribution in [0.5, 0.6) is 0 Å². The van der Waals surface area contributed by atoms with Gasteiger partial charge in [0.25, 0.3) is 0 Å². The van der Waals surface area contributed by atoms with Gasteiger partial charge in [0.1, 0.15) is 30.2 Å². The molecule has 0 saturated carbocycles. The molecule has 56 heavy (non-hydrogen) atoms. The molecule has 6 atom stereocenters. The Hall–Kier alpha value is -3.90. The molecule has 318 valence electrons.